The van der Waals surface area contributed by atoms with Gasteiger partial charge in [0.25, 0.3) is 0 Å². The fraction of sp³-hybridized carbons (Fsp3) is 0.900. The second kappa shape index (κ2) is 2.75. The van der Waals surface area contributed by atoms with E-state index < -0.39 is 5.97 Å². The first-order valence-electron chi connectivity index (χ1n) is 4.91. The summed E-state index contributed by atoms with van der Waals surface area (Å²) in [6, 6.07) is 0. The van der Waals surface area contributed by atoms with Crippen molar-refractivity contribution >= 4 is 5.97 Å². The Labute approximate surface area is 73.0 Å². The molecule has 2 heteroatoms. The lowest BCUT2D eigenvalue weighted by Crippen LogP contribution is -2.18. The molecule has 4 atom stereocenters. The Morgan fingerprint density at radius 1 is 1.33 bits per heavy atom. The lowest BCUT2D eigenvalue weighted by atomic mass is 9.92. The van der Waals surface area contributed by atoms with Crippen molar-refractivity contribution < 1.29 is 9.90 Å². The molecule has 0 aliphatic heterocycles. The van der Waals surface area contributed by atoms with Crippen LogP contribution in [0.15, 0.2) is 0 Å². The molecule has 0 radical (unpaired) electrons. The van der Waals surface area contributed by atoms with Crippen LogP contribution in [-0.2, 0) is 4.79 Å². The van der Waals surface area contributed by atoms with Crippen LogP contribution in [0.1, 0.15) is 32.6 Å². The van der Waals surface area contributed by atoms with Gasteiger partial charge in [0, 0.05) is 0 Å². The zero-order chi connectivity index (χ0) is 8.72. The minimum atomic E-state index is -0.559. The van der Waals surface area contributed by atoms with Gasteiger partial charge >= 0.3 is 5.97 Å². The Balaban J connectivity index is 2.08. The Morgan fingerprint density at radius 3 is 2.75 bits per heavy atom. The van der Waals surface area contributed by atoms with Crippen molar-refractivity contribution in [2.75, 3.05) is 0 Å². The lowest BCUT2D eigenvalue weighted by molar-refractivity contribution is -0.143. The van der Waals surface area contributed by atoms with Gasteiger partial charge in [0.2, 0.25) is 0 Å². The van der Waals surface area contributed by atoms with E-state index in [9.17, 15) is 4.79 Å². The van der Waals surface area contributed by atoms with Crippen molar-refractivity contribution in [3.8, 4) is 0 Å². The molecule has 2 nitrogen and oxygen atoms in total. The predicted molar refractivity (Wildman–Crippen MR) is 45.7 cm³/mol. The fourth-order valence-corrected chi connectivity index (χ4v) is 3.18. The number of fused-ring (bicyclic) bond motifs is 1. The first-order valence-corrected chi connectivity index (χ1v) is 4.91. The molecule has 0 amide bonds. The van der Waals surface area contributed by atoms with Gasteiger partial charge in [0.15, 0.2) is 0 Å². The summed E-state index contributed by atoms with van der Waals surface area (Å²) in [7, 11) is 0. The topological polar surface area (TPSA) is 37.3 Å². The van der Waals surface area contributed by atoms with Gasteiger partial charge in [-0.1, -0.05) is 6.92 Å². The second-order valence-electron chi connectivity index (χ2n) is 4.52. The van der Waals surface area contributed by atoms with E-state index in [4.69, 9.17) is 5.11 Å². The molecule has 0 aromatic heterocycles. The van der Waals surface area contributed by atoms with Gasteiger partial charge in [0.1, 0.15) is 0 Å². The smallest absolute Gasteiger partial charge is 0.306 e. The summed E-state index contributed by atoms with van der Waals surface area (Å²) in [6.45, 7) is 2.25. The van der Waals surface area contributed by atoms with E-state index in [1.54, 1.807) is 0 Å². The summed E-state index contributed by atoms with van der Waals surface area (Å²) in [5.74, 6) is 1.44. The molecule has 0 saturated heterocycles. The summed E-state index contributed by atoms with van der Waals surface area (Å²) in [5.41, 5.74) is 0. The van der Waals surface area contributed by atoms with Crippen LogP contribution in [0, 0.1) is 23.7 Å². The predicted octanol–water partition coefficient (Wildman–Crippen LogP) is 2.14. The van der Waals surface area contributed by atoms with Crippen LogP contribution >= 0.6 is 0 Å². The molecule has 2 saturated carbocycles. The van der Waals surface area contributed by atoms with E-state index in [1.807, 2.05) is 0 Å². The molecule has 0 bridgehead atoms. The van der Waals surface area contributed by atoms with Crippen LogP contribution in [0.4, 0.5) is 0 Å². The van der Waals surface area contributed by atoms with Gasteiger partial charge in [-0.3, -0.25) is 4.79 Å². The number of carbonyl (C=O) groups is 1. The summed E-state index contributed by atoms with van der Waals surface area (Å²) in [4.78, 5) is 10.9. The Hall–Kier alpha value is -0.530. The first-order chi connectivity index (χ1) is 5.68. The summed E-state index contributed by atoms with van der Waals surface area (Å²) in [5, 5.41) is 8.95. The molecule has 0 spiro atoms. The number of aliphatic carboxylic acids is 1. The monoisotopic (exact) mass is 168 g/mol. The average Bonchev–Trinajstić information content (AvgIpc) is 2.43. The second-order valence-corrected chi connectivity index (χ2v) is 4.52. The minimum Gasteiger partial charge on any atom is -0.481 e. The normalized spacial score (nSPS) is 46.1. The molecule has 2 aliphatic rings. The highest BCUT2D eigenvalue weighted by atomic mass is 16.4. The molecule has 4 unspecified atom stereocenters. The molecular weight excluding hydrogens is 152 g/mol. The molecule has 0 aromatic rings. The SMILES string of the molecule is CC1CC2CCC(C(=O)O)C2C1. The van der Waals surface area contributed by atoms with Gasteiger partial charge in [0.05, 0.1) is 5.92 Å². The van der Waals surface area contributed by atoms with E-state index in [2.05, 4.69) is 6.92 Å². The Morgan fingerprint density at radius 2 is 2.08 bits per heavy atom. The molecule has 0 heterocycles. The molecule has 2 fully saturated rings. The van der Waals surface area contributed by atoms with Crippen molar-refractivity contribution in [1.82, 2.24) is 0 Å². The third-order valence-corrected chi connectivity index (χ3v) is 3.67. The Kier molecular flexibility index (Phi) is 1.85. The van der Waals surface area contributed by atoms with Crippen molar-refractivity contribution in [2.24, 2.45) is 23.7 Å². The van der Waals surface area contributed by atoms with Gasteiger partial charge < -0.3 is 5.11 Å². The minimum absolute atomic E-state index is 0.0139. The highest BCUT2D eigenvalue weighted by Crippen LogP contribution is 2.49. The van der Waals surface area contributed by atoms with Gasteiger partial charge in [-0.25, -0.2) is 0 Å². The number of carboxylic acid groups (broad SMARTS) is 1. The first kappa shape index (κ1) is 8.09. The van der Waals surface area contributed by atoms with Crippen LogP contribution in [-0.4, -0.2) is 11.1 Å². The molecular formula is C10H16O2. The zero-order valence-corrected chi connectivity index (χ0v) is 7.49. The van der Waals surface area contributed by atoms with E-state index in [-0.39, 0.29) is 5.92 Å². The maximum Gasteiger partial charge on any atom is 0.306 e. The molecule has 1 N–H and O–H groups in total. The maximum atomic E-state index is 10.9. The highest BCUT2D eigenvalue weighted by molar-refractivity contribution is 5.70. The summed E-state index contributed by atoms with van der Waals surface area (Å²) in [6.07, 6.45) is 4.51. The standard InChI is InChI=1S/C10H16O2/c1-6-4-7-2-3-8(10(11)12)9(7)5-6/h6-9H,2-5H2,1H3,(H,11,12). The summed E-state index contributed by atoms with van der Waals surface area (Å²) < 4.78 is 0. The van der Waals surface area contributed by atoms with E-state index in [1.165, 1.54) is 6.42 Å². The van der Waals surface area contributed by atoms with Gasteiger partial charge in [-0.05, 0) is 43.4 Å². The van der Waals surface area contributed by atoms with Crippen molar-refractivity contribution in [1.29, 1.82) is 0 Å². The van der Waals surface area contributed by atoms with Crippen LogP contribution in [0.3, 0.4) is 0 Å². The number of rotatable bonds is 1. The zero-order valence-electron chi connectivity index (χ0n) is 7.49. The van der Waals surface area contributed by atoms with Crippen LogP contribution in [0.2, 0.25) is 0 Å². The van der Waals surface area contributed by atoms with E-state index in [0.29, 0.717) is 5.92 Å². The molecule has 12 heavy (non-hydrogen) atoms. The lowest BCUT2D eigenvalue weighted by Gasteiger charge is -2.13. The Bertz CT molecular complexity index is 200. The third kappa shape index (κ3) is 1.13. The maximum absolute atomic E-state index is 10.9. The van der Waals surface area contributed by atoms with Crippen LogP contribution in [0.25, 0.3) is 0 Å². The van der Waals surface area contributed by atoms with Crippen molar-refractivity contribution in [3.05, 3.63) is 0 Å². The van der Waals surface area contributed by atoms with Crippen molar-refractivity contribution in [3.63, 3.8) is 0 Å². The molecule has 2 aliphatic carbocycles. The molecule has 68 valence electrons. The number of hydrogen-bond acceptors (Lipinski definition) is 1. The van der Waals surface area contributed by atoms with Crippen LogP contribution < -0.4 is 0 Å². The number of carboxylic acids is 1. The van der Waals surface area contributed by atoms with E-state index in [0.717, 1.165) is 31.1 Å². The van der Waals surface area contributed by atoms with Crippen LogP contribution in [0.5, 0.6) is 0 Å². The van der Waals surface area contributed by atoms with Crippen molar-refractivity contribution in [2.45, 2.75) is 32.6 Å². The van der Waals surface area contributed by atoms with E-state index >= 15 is 0 Å². The quantitative estimate of drug-likeness (QED) is 0.651. The van der Waals surface area contributed by atoms with Gasteiger partial charge in [-0.2, -0.15) is 0 Å². The summed E-state index contributed by atoms with van der Waals surface area (Å²) >= 11 is 0. The van der Waals surface area contributed by atoms with Gasteiger partial charge in [-0.15, -0.1) is 0 Å². The largest absolute Gasteiger partial charge is 0.481 e. The highest BCUT2D eigenvalue weighted by Gasteiger charge is 2.44. The fourth-order valence-electron chi connectivity index (χ4n) is 3.18. The number of hydrogen-bond donors (Lipinski definition) is 1. The molecule has 2 rings (SSSR count). The third-order valence-electron chi connectivity index (χ3n) is 3.67. The molecule has 0 aromatic carbocycles. The average molecular weight is 168 g/mol.